The lowest BCUT2D eigenvalue weighted by Crippen LogP contribution is -2.19. The van der Waals surface area contributed by atoms with Crippen LogP contribution in [0.1, 0.15) is 23.7 Å². The largest absolute Gasteiger partial charge is 0.490 e. The molecule has 11 nitrogen and oxygen atoms in total. The Morgan fingerprint density at radius 2 is 2.21 bits per heavy atom. The van der Waals surface area contributed by atoms with Crippen molar-refractivity contribution in [1.82, 2.24) is 9.97 Å². The highest BCUT2D eigenvalue weighted by Gasteiger charge is 2.21. The van der Waals surface area contributed by atoms with Crippen LogP contribution in [0, 0.1) is 17.0 Å². The number of aliphatic hydroxyl groups excluding tert-OH is 1. The van der Waals surface area contributed by atoms with Gasteiger partial charge in [0.25, 0.3) is 5.56 Å². The van der Waals surface area contributed by atoms with Crippen LogP contribution in [-0.2, 0) is 6.42 Å². The SMILES string of the molecule is CCOc1cc(/C=N\Nc2nc(C)c(CCO)c(=O)[nH]2)cc([N+](=O)[O-])c1OC. The smallest absolute Gasteiger partial charge is 0.315 e. The Morgan fingerprint density at radius 3 is 2.79 bits per heavy atom. The van der Waals surface area contributed by atoms with E-state index < -0.39 is 4.92 Å². The van der Waals surface area contributed by atoms with E-state index in [-0.39, 0.29) is 41.7 Å². The lowest BCUT2D eigenvalue weighted by atomic mass is 10.2. The van der Waals surface area contributed by atoms with Gasteiger partial charge in [-0.1, -0.05) is 0 Å². The second-order valence-electron chi connectivity index (χ2n) is 5.58. The molecule has 0 bridgehead atoms. The molecule has 0 aliphatic rings. The van der Waals surface area contributed by atoms with Crippen LogP contribution < -0.4 is 20.5 Å². The Kier molecular flexibility index (Phi) is 7.04. The number of aromatic amines is 1. The van der Waals surface area contributed by atoms with E-state index in [0.717, 1.165) is 0 Å². The number of aliphatic hydroxyl groups is 1. The summed E-state index contributed by atoms with van der Waals surface area (Å²) in [5.41, 5.74) is 3.18. The summed E-state index contributed by atoms with van der Waals surface area (Å²) in [6.45, 7) is 3.54. The van der Waals surface area contributed by atoms with Gasteiger partial charge in [-0.25, -0.2) is 10.4 Å². The number of hydrogen-bond donors (Lipinski definition) is 3. The molecule has 1 heterocycles. The quantitative estimate of drug-likeness (QED) is 0.329. The zero-order valence-electron chi connectivity index (χ0n) is 15.7. The molecule has 0 spiro atoms. The van der Waals surface area contributed by atoms with Gasteiger partial charge in [0.05, 0.1) is 30.5 Å². The molecular formula is C17H21N5O6. The maximum Gasteiger partial charge on any atom is 0.315 e. The second kappa shape index (κ2) is 9.46. The fourth-order valence-corrected chi connectivity index (χ4v) is 2.52. The average Bonchev–Trinajstić information content (AvgIpc) is 2.64. The van der Waals surface area contributed by atoms with Crippen molar-refractivity contribution in [2.24, 2.45) is 5.10 Å². The number of aryl methyl sites for hydroxylation is 1. The normalized spacial score (nSPS) is 10.9. The number of hydrogen-bond acceptors (Lipinski definition) is 9. The number of nitro benzene ring substituents is 1. The van der Waals surface area contributed by atoms with Crippen molar-refractivity contribution in [2.75, 3.05) is 25.7 Å². The number of benzene rings is 1. The first-order chi connectivity index (χ1) is 13.4. The molecule has 0 atom stereocenters. The zero-order valence-corrected chi connectivity index (χ0v) is 15.7. The number of anilines is 1. The van der Waals surface area contributed by atoms with Crippen molar-refractivity contribution in [3.05, 3.63) is 49.4 Å². The Morgan fingerprint density at radius 1 is 1.46 bits per heavy atom. The van der Waals surface area contributed by atoms with Gasteiger partial charge < -0.3 is 14.6 Å². The molecule has 0 saturated carbocycles. The van der Waals surface area contributed by atoms with E-state index in [0.29, 0.717) is 23.4 Å². The third-order valence-electron chi connectivity index (χ3n) is 3.73. The van der Waals surface area contributed by atoms with Gasteiger partial charge in [0, 0.05) is 30.2 Å². The van der Waals surface area contributed by atoms with Crippen LogP contribution in [0.4, 0.5) is 11.6 Å². The van der Waals surface area contributed by atoms with Gasteiger partial charge in [-0.2, -0.15) is 5.10 Å². The van der Waals surface area contributed by atoms with Gasteiger partial charge in [-0.15, -0.1) is 0 Å². The van der Waals surface area contributed by atoms with Gasteiger partial charge in [0.2, 0.25) is 11.7 Å². The highest BCUT2D eigenvalue weighted by molar-refractivity contribution is 5.83. The minimum absolute atomic E-state index is 0.0260. The summed E-state index contributed by atoms with van der Waals surface area (Å²) in [6.07, 6.45) is 1.53. The summed E-state index contributed by atoms with van der Waals surface area (Å²) < 4.78 is 10.5. The number of aromatic nitrogens is 2. The van der Waals surface area contributed by atoms with E-state index in [1.54, 1.807) is 19.9 Å². The molecule has 2 rings (SSSR count). The van der Waals surface area contributed by atoms with E-state index in [1.807, 2.05) is 0 Å². The standard InChI is InChI=1S/C17H21N5O6/c1-4-28-14-8-11(7-13(22(25)26)15(14)27-3)9-18-21-17-19-10(2)12(5-6-23)16(24)20-17/h7-9,23H,4-6H2,1-3H3,(H2,19,20,21,24)/b18-9-. The van der Waals surface area contributed by atoms with Crippen LogP contribution in [-0.4, -0.2) is 46.5 Å². The molecule has 0 amide bonds. The molecule has 2 aromatic rings. The van der Waals surface area contributed by atoms with Crippen molar-refractivity contribution in [2.45, 2.75) is 20.3 Å². The van der Waals surface area contributed by atoms with Crippen molar-refractivity contribution in [3.63, 3.8) is 0 Å². The van der Waals surface area contributed by atoms with Crippen molar-refractivity contribution < 1.29 is 19.5 Å². The topological polar surface area (TPSA) is 152 Å². The molecule has 1 aromatic carbocycles. The fourth-order valence-electron chi connectivity index (χ4n) is 2.52. The van der Waals surface area contributed by atoms with E-state index in [1.165, 1.54) is 19.4 Å². The third kappa shape index (κ3) is 4.82. The van der Waals surface area contributed by atoms with Gasteiger partial charge in [-0.3, -0.25) is 19.9 Å². The number of hydrazone groups is 1. The number of rotatable bonds is 9. The van der Waals surface area contributed by atoms with E-state index in [9.17, 15) is 14.9 Å². The van der Waals surface area contributed by atoms with Crippen LogP contribution in [0.15, 0.2) is 22.0 Å². The highest BCUT2D eigenvalue weighted by Crippen LogP contribution is 2.37. The summed E-state index contributed by atoms with van der Waals surface area (Å²) in [4.78, 5) is 29.4. The summed E-state index contributed by atoms with van der Waals surface area (Å²) in [5, 5.41) is 24.2. The summed E-state index contributed by atoms with van der Waals surface area (Å²) >= 11 is 0. The van der Waals surface area contributed by atoms with Gasteiger partial charge in [0.15, 0.2) is 5.75 Å². The molecule has 150 valence electrons. The minimum Gasteiger partial charge on any atom is -0.490 e. The monoisotopic (exact) mass is 391 g/mol. The maximum absolute atomic E-state index is 12.0. The molecule has 1 aromatic heterocycles. The minimum atomic E-state index is -0.575. The van der Waals surface area contributed by atoms with E-state index in [2.05, 4.69) is 20.5 Å². The number of ether oxygens (including phenoxy) is 2. The first-order valence-electron chi connectivity index (χ1n) is 8.40. The first kappa shape index (κ1) is 20.8. The molecular weight excluding hydrogens is 370 g/mol. The molecule has 0 radical (unpaired) electrons. The third-order valence-corrected chi connectivity index (χ3v) is 3.73. The van der Waals surface area contributed by atoms with E-state index in [4.69, 9.17) is 14.6 Å². The summed E-state index contributed by atoms with van der Waals surface area (Å²) in [6, 6.07) is 2.84. The van der Waals surface area contributed by atoms with Crippen molar-refractivity contribution in [3.8, 4) is 11.5 Å². The van der Waals surface area contributed by atoms with Crippen molar-refractivity contribution in [1.29, 1.82) is 0 Å². The molecule has 3 N–H and O–H groups in total. The number of nitrogens with one attached hydrogen (secondary N) is 2. The number of methoxy groups -OCH3 is 1. The maximum atomic E-state index is 12.0. The molecule has 11 heteroatoms. The fraction of sp³-hybridized carbons (Fsp3) is 0.353. The first-order valence-corrected chi connectivity index (χ1v) is 8.40. The van der Waals surface area contributed by atoms with Crippen LogP contribution in [0.25, 0.3) is 0 Å². The summed E-state index contributed by atoms with van der Waals surface area (Å²) in [5.74, 6) is 0.350. The Bertz CT molecular complexity index is 940. The Balaban J connectivity index is 2.29. The highest BCUT2D eigenvalue weighted by atomic mass is 16.6. The van der Waals surface area contributed by atoms with E-state index >= 15 is 0 Å². The molecule has 0 unspecified atom stereocenters. The molecule has 0 fully saturated rings. The zero-order chi connectivity index (χ0) is 20.7. The number of nitro groups is 1. The summed E-state index contributed by atoms with van der Waals surface area (Å²) in [7, 11) is 1.32. The average molecular weight is 391 g/mol. The number of nitrogens with zero attached hydrogens (tertiary/aromatic N) is 3. The molecule has 0 aliphatic heterocycles. The molecule has 28 heavy (non-hydrogen) atoms. The number of H-pyrrole nitrogens is 1. The van der Waals surface area contributed by atoms with Crippen LogP contribution >= 0.6 is 0 Å². The van der Waals surface area contributed by atoms with Crippen molar-refractivity contribution >= 4 is 17.9 Å². The van der Waals surface area contributed by atoms with Gasteiger partial charge >= 0.3 is 5.69 Å². The lowest BCUT2D eigenvalue weighted by Gasteiger charge is -2.10. The van der Waals surface area contributed by atoms with Crippen LogP contribution in [0.5, 0.6) is 11.5 Å². The molecule has 0 saturated heterocycles. The predicted octanol–water partition coefficient (Wildman–Crippen LogP) is 1.37. The second-order valence-corrected chi connectivity index (χ2v) is 5.58. The Labute approximate surface area is 160 Å². The molecule has 0 aliphatic carbocycles. The van der Waals surface area contributed by atoms with Crippen LogP contribution in [0.3, 0.4) is 0 Å². The predicted molar refractivity (Wildman–Crippen MR) is 102 cm³/mol. The van der Waals surface area contributed by atoms with Gasteiger partial charge in [0.1, 0.15) is 0 Å². The Hall–Kier alpha value is -3.47. The van der Waals surface area contributed by atoms with Crippen LogP contribution in [0.2, 0.25) is 0 Å². The lowest BCUT2D eigenvalue weighted by molar-refractivity contribution is -0.385. The van der Waals surface area contributed by atoms with Gasteiger partial charge in [-0.05, 0) is 19.9 Å².